The summed E-state index contributed by atoms with van der Waals surface area (Å²) in [6.45, 7) is 1.29. The summed E-state index contributed by atoms with van der Waals surface area (Å²) < 4.78 is 1.61. The van der Waals surface area contributed by atoms with Crippen molar-refractivity contribution in [2.45, 2.75) is 18.9 Å². The van der Waals surface area contributed by atoms with E-state index in [1.54, 1.807) is 11.7 Å². The summed E-state index contributed by atoms with van der Waals surface area (Å²) in [5.74, 6) is -1.23. The first-order valence-corrected chi connectivity index (χ1v) is 5.28. The van der Waals surface area contributed by atoms with E-state index in [0.29, 0.717) is 5.69 Å². The van der Waals surface area contributed by atoms with Gasteiger partial charge in [0.2, 0.25) is 0 Å². The number of nitrogens with zero attached hydrogens (tertiary/aromatic N) is 2. The van der Waals surface area contributed by atoms with E-state index in [1.165, 1.54) is 6.92 Å². The number of rotatable bonds is 3. The zero-order chi connectivity index (χ0) is 12.6. The Balaban J connectivity index is 2.49. The first kappa shape index (κ1) is 11.6. The van der Waals surface area contributed by atoms with Gasteiger partial charge in [0.1, 0.15) is 0 Å². The molecule has 0 saturated heterocycles. The number of carbonyl (C=O) groups is 1. The van der Waals surface area contributed by atoms with E-state index in [0.717, 1.165) is 10.9 Å². The Morgan fingerprint density at radius 3 is 2.76 bits per heavy atom. The normalized spacial score (nSPS) is 14.8. The highest BCUT2D eigenvalue weighted by atomic mass is 16.4. The topological polar surface area (TPSA) is 75.3 Å². The Labute approximate surface area is 98.3 Å². The molecular formula is C12H14N2O3. The molecule has 2 rings (SSSR count). The van der Waals surface area contributed by atoms with Gasteiger partial charge in [0.05, 0.1) is 5.52 Å². The number of carboxylic acid groups (broad SMARTS) is 1. The number of benzene rings is 1. The number of fused-ring (bicyclic) bond motifs is 1. The van der Waals surface area contributed by atoms with Gasteiger partial charge in [-0.25, -0.2) is 4.79 Å². The van der Waals surface area contributed by atoms with Gasteiger partial charge in [-0.05, 0) is 13.0 Å². The molecule has 0 aliphatic rings. The molecule has 0 spiro atoms. The first-order chi connectivity index (χ1) is 7.92. The molecule has 0 radical (unpaired) electrons. The van der Waals surface area contributed by atoms with E-state index < -0.39 is 11.6 Å². The molecule has 0 saturated carbocycles. The number of aliphatic carboxylic acids is 1. The minimum absolute atomic E-state index is 0.0271. The van der Waals surface area contributed by atoms with Crippen molar-refractivity contribution in [2.24, 2.45) is 7.05 Å². The molecule has 90 valence electrons. The van der Waals surface area contributed by atoms with Crippen LogP contribution in [-0.4, -0.2) is 31.6 Å². The largest absolute Gasteiger partial charge is 0.479 e. The molecule has 1 atom stereocenters. The summed E-state index contributed by atoms with van der Waals surface area (Å²) in [7, 11) is 1.74. The van der Waals surface area contributed by atoms with Crippen LogP contribution in [-0.2, 0) is 18.3 Å². The molecule has 0 bridgehead atoms. The average molecular weight is 234 g/mol. The molecule has 0 aliphatic heterocycles. The van der Waals surface area contributed by atoms with E-state index in [2.05, 4.69) is 5.10 Å². The van der Waals surface area contributed by atoms with Crippen LogP contribution in [0.2, 0.25) is 0 Å². The summed E-state index contributed by atoms with van der Waals surface area (Å²) in [4.78, 5) is 10.9. The second-order valence-corrected chi connectivity index (χ2v) is 4.34. The van der Waals surface area contributed by atoms with E-state index in [4.69, 9.17) is 5.11 Å². The number of aliphatic hydroxyl groups is 1. The van der Waals surface area contributed by atoms with Crippen LogP contribution in [0.5, 0.6) is 0 Å². The van der Waals surface area contributed by atoms with Crippen LogP contribution in [0.15, 0.2) is 24.3 Å². The van der Waals surface area contributed by atoms with Gasteiger partial charge in [-0.15, -0.1) is 0 Å². The van der Waals surface area contributed by atoms with E-state index in [9.17, 15) is 9.90 Å². The second-order valence-electron chi connectivity index (χ2n) is 4.34. The standard InChI is InChI=1S/C12H14N2O3/c1-12(17,11(15)16)7-10-8-5-3-4-6-9(8)13-14(10)2/h3-6,17H,7H2,1-2H3,(H,15,16). The van der Waals surface area contributed by atoms with Gasteiger partial charge in [-0.3, -0.25) is 4.68 Å². The highest BCUT2D eigenvalue weighted by Crippen LogP contribution is 2.22. The molecule has 0 aliphatic carbocycles. The van der Waals surface area contributed by atoms with Crippen LogP contribution in [0.1, 0.15) is 12.6 Å². The number of hydrogen-bond donors (Lipinski definition) is 2. The highest BCUT2D eigenvalue weighted by molar-refractivity contribution is 5.83. The molecule has 5 heteroatoms. The lowest BCUT2D eigenvalue weighted by molar-refractivity contribution is -0.156. The van der Waals surface area contributed by atoms with Gasteiger partial charge in [-0.2, -0.15) is 5.10 Å². The third-order valence-electron chi connectivity index (χ3n) is 2.84. The minimum atomic E-state index is -1.78. The van der Waals surface area contributed by atoms with E-state index in [1.807, 2.05) is 24.3 Å². The summed E-state index contributed by atoms with van der Waals surface area (Å²) in [6, 6.07) is 7.46. The smallest absolute Gasteiger partial charge is 0.335 e. The maximum Gasteiger partial charge on any atom is 0.335 e. The number of hydrogen-bond acceptors (Lipinski definition) is 3. The van der Waals surface area contributed by atoms with Crippen molar-refractivity contribution < 1.29 is 15.0 Å². The molecule has 17 heavy (non-hydrogen) atoms. The van der Waals surface area contributed by atoms with Crippen LogP contribution in [0.3, 0.4) is 0 Å². The predicted octanol–water partition coefficient (Wildman–Crippen LogP) is 0.951. The molecule has 0 amide bonds. The summed E-state index contributed by atoms with van der Waals surface area (Å²) in [6.07, 6.45) is 0.0271. The number of carboxylic acids is 1. The molecule has 2 aromatic rings. The summed E-state index contributed by atoms with van der Waals surface area (Å²) >= 11 is 0. The molecule has 0 fully saturated rings. The molecule has 5 nitrogen and oxygen atoms in total. The van der Waals surface area contributed by atoms with Crippen LogP contribution in [0, 0.1) is 0 Å². The Morgan fingerprint density at radius 2 is 2.12 bits per heavy atom. The maximum absolute atomic E-state index is 10.9. The summed E-state index contributed by atoms with van der Waals surface area (Å²) in [5.41, 5.74) is -0.268. The van der Waals surface area contributed by atoms with Crippen LogP contribution < -0.4 is 0 Å². The van der Waals surface area contributed by atoms with Crippen molar-refractivity contribution in [2.75, 3.05) is 0 Å². The Hall–Kier alpha value is -1.88. The third kappa shape index (κ3) is 2.01. The summed E-state index contributed by atoms with van der Waals surface area (Å²) in [5, 5.41) is 23.9. The Kier molecular flexibility index (Phi) is 2.63. The lowest BCUT2D eigenvalue weighted by atomic mass is 9.98. The monoisotopic (exact) mass is 234 g/mol. The first-order valence-electron chi connectivity index (χ1n) is 5.28. The zero-order valence-electron chi connectivity index (χ0n) is 9.71. The van der Waals surface area contributed by atoms with Gasteiger partial charge in [0, 0.05) is 24.5 Å². The van der Waals surface area contributed by atoms with Crippen LogP contribution >= 0.6 is 0 Å². The molecule has 1 heterocycles. The second kappa shape index (κ2) is 3.85. The highest BCUT2D eigenvalue weighted by Gasteiger charge is 2.32. The van der Waals surface area contributed by atoms with Gasteiger partial charge in [0.15, 0.2) is 5.60 Å². The minimum Gasteiger partial charge on any atom is -0.479 e. The fourth-order valence-electron chi connectivity index (χ4n) is 1.81. The van der Waals surface area contributed by atoms with Crippen molar-refractivity contribution in [3.63, 3.8) is 0 Å². The van der Waals surface area contributed by atoms with Crippen molar-refractivity contribution in [3.05, 3.63) is 30.0 Å². The lowest BCUT2D eigenvalue weighted by Gasteiger charge is -2.17. The van der Waals surface area contributed by atoms with Gasteiger partial charge >= 0.3 is 5.97 Å². The molecule has 2 N–H and O–H groups in total. The fourth-order valence-corrected chi connectivity index (χ4v) is 1.81. The van der Waals surface area contributed by atoms with Crippen molar-refractivity contribution in [1.82, 2.24) is 9.78 Å². The molecule has 1 aromatic heterocycles. The van der Waals surface area contributed by atoms with Crippen LogP contribution in [0.25, 0.3) is 10.9 Å². The van der Waals surface area contributed by atoms with Crippen LogP contribution in [0.4, 0.5) is 0 Å². The van der Waals surface area contributed by atoms with Crippen molar-refractivity contribution in [3.8, 4) is 0 Å². The molecule has 1 aromatic carbocycles. The number of aryl methyl sites for hydroxylation is 1. The van der Waals surface area contributed by atoms with E-state index in [-0.39, 0.29) is 6.42 Å². The number of aromatic nitrogens is 2. The predicted molar refractivity (Wildman–Crippen MR) is 62.7 cm³/mol. The molecular weight excluding hydrogens is 220 g/mol. The average Bonchev–Trinajstić information content (AvgIpc) is 2.55. The maximum atomic E-state index is 10.9. The van der Waals surface area contributed by atoms with Gasteiger partial charge in [0.25, 0.3) is 0 Å². The Bertz CT molecular complexity index is 572. The quantitative estimate of drug-likeness (QED) is 0.829. The zero-order valence-corrected chi connectivity index (χ0v) is 9.71. The Morgan fingerprint density at radius 1 is 1.47 bits per heavy atom. The van der Waals surface area contributed by atoms with Crippen molar-refractivity contribution >= 4 is 16.9 Å². The SMILES string of the molecule is Cn1nc2ccccc2c1CC(C)(O)C(=O)O. The van der Waals surface area contributed by atoms with E-state index >= 15 is 0 Å². The molecule has 1 unspecified atom stereocenters. The fraction of sp³-hybridized carbons (Fsp3) is 0.333. The van der Waals surface area contributed by atoms with Crippen molar-refractivity contribution in [1.29, 1.82) is 0 Å². The third-order valence-corrected chi connectivity index (χ3v) is 2.84. The van der Waals surface area contributed by atoms with Gasteiger partial charge in [-0.1, -0.05) is 18.2 Å². The van der Waals surface area contributed by atoms with Gasteiger partial charge < -0.3 is 10.2 Å². The lowest BCUT2D eigenvalue weighted by Crippen LogP contribution is -2.37.